The van der Waals surface area contributed by atoms with Crippen molar-refractivity contribution in [3.63, 3.8) is 0 Å². The lowest BCUT2D eigenvalue weighted by atomic mass is 10.3. The molecule has 0 saturated heterocycles. The van der Waals surface area contributed by atoms with Crippen molar-refractivity contribution in [3.05, 3.63) is 42.7 Å². The van der Waals surface area contributed by atoms with Crippen LogP contribution in [0.2, 0.25) is 8.67 Å². The van der Waals surface area contributed by atoms with Gasteiger partial charge in [-0.25, -0.2) is 0 Å². The van der Waals surface area contributed by atoms with Gasteiger partial charge in [0.25, 0.3) is 0 Å². The maximum absolute atomic E-state index is 9.14. The first kappa shape index (κ1) is 17.2. The Balaban J connectivity index is 0.00000180. The monoisotopic (exact) mass is 357 g/mol. The lowest BCUT2D eigenvalue weighted by Gasteiger charge is -2.16. The number of hydrogen-bond donors (Lipinski definition) is 2. The van der Waals surface area contributed by atoms with E-state index in [1.807, 2.05) is 24.3 Å². The first-order chi connectivity index (χ1) is 8.67. The van der Waals surface area contributed by atoms with Gasteiger partial charge in [-0.1, -0.05) is 23.2 Å². The van der Waals surface area contributed by atoms with Crippen LogP contribution < -0.4 is 17.3 Å². The van der Waals surface area contributed by atoms with Gasteiger partial charge in [-0.05, 0) is 24.3 Å². The van der Waals surface area contributed by atoms with Crippen LogP contribution in [-0.2, 0) is 13.1 Å². The van der Waals surface area contributed by atoms with E-state index < -0.39 is 0 Å². The summed E-state index contributed by atoms with van der Waals surface area (Å²) in [5, 5.41) is 9.14. The number of nitrogens with one attached hydrogen (secondary N) is 1. The molecule has 0 spiro atoms. The van der Waals surface area contributed by atoms with Gasteiger partial charge < -0.3 is 22.4 Å². The molecule has 2 aromatic heterocycles. The number of thiophene rings is 2. The molecule has 0 aliphatic rings. The number of quaternary nitrogens is 1. The van der Waals surface area contributed by atoms with Gasteiger partial charge in [-0.3, -0.25) is 0 Å². The maximum Gasteiger partial charge on any atom is 0.113 e. The zero-order chi connectivity index (χ0) is 13.0. The van der Waals surface area contributed by atoms with Crippen LogP contribution in [0, 0.1) is 0 Å². The summed E-state index contributed by atoms with van der Waals surface area (Å²) < 4.78 is 1.63. The van der Waals surface area contributed by atoms with Crippen molar-refractivity contribution >= 4 is 45.9 Å². The summed E-state index contributed by atoms with van der Waals surface area (Å²) in [7, 11) is 0. The van der Waals surface area contributed by atoms with Crippen LogP contribution in [0.25, 0.3) is 0 Å². The van der Waals surface area contributed by atoms with Crippen molar-refractivity contribution in [2.24, 2.45) is 0 Å². The highest BCUT2D eigenvalue weighted by Crippen LogP contribution is 2.22. The highest BCUT2D eigenvalue weighted by molar-refractivity contribution is 7.16. The topological polar surface area (TPSA) is 24.7 Å². The maximum atomic E-state index is 9.14. The van der Waals surface area contributed by atoms with Crippen molar-refractivity contribution in [1.29, 1.82) is 0 Å². The molecule has 2 N–H and O–H groups in total. The van der Waals surface area contributed by atoms with Crippen molar-refractivity contribution in [2.75, 3.05) is 13.2 Å². The van der Waals surface area contributed by atoms with Crippen molar-refractivity contribution in [3.8, 4) is 0 Å². The van der Waals surface area contributed by atoms with E-state index in [0.29, 0.717) is 0 Å². The lowest BCUT2D eigenvalue weighted by molar-refractivity contribution is -0.927. The predicted octanol–water partition coefficient (Wildman–Crippen LogP) is -0.302. The van der Waals surface area contributed by atoms with Crippen LogP contribution in [0.3, 0.4) is 0 Å². The van der Waals surface area contributed by atoms with Crippen LogP contribution >= 0.6 is 45.9 Å². The van der Waals surface area contributed by atoms with Crippen molar-refractivity contribution in [2.45, 2.75) is 13.1 Å². The lowest BCUT2D eigenvalue weighted by Crippen LogP contribution is -3.09. The molecule has 0 saturated carbocycles. The third kappa shape index (κ3) is 5.60. The van der Waals surface area contributed by atoms with Gasteiger partial charge in [-0.2, -0.15) is 0 Å². The van der Waals surface area contributed by atoms with Gasteiger partial charge >= 0.3 is 0 Å². The highest BCUT2D eigenvalue weighted by atomic mass is 35.5. The van der Waals surface area contributed by atoms with Gasteiger partial charge in [0, 0.05) is 0 Å². The summed E-state index contributed by atoms with van der Waals surface area (Å²) in [6, 6.07) is 7.93. The molecular formula is C12H14Cl3NOS2. The summed E-state index contributed by atoms with van der Waals surface area (Å²) in [5.41, 5.74) is 0. The zero-order valence-electron chi connectivity index (χ0n) is 10.0. The number of aliphatic hydroxyl groups is 1. The first-order valence-electron chi connectivity index (χ1n) is 5.60. The number of halogens is 3. The molecule has 106 valence electrons. The average molecular weight is 359 g/mol. The van der Waals surface area contributed by atoms with Gasteiger partial charge in [-0.15, -0.1) is 22.7 Å². The SMILES string of the molecule is OCC[NH+](Cc1ccc(Cl)s1)Cc1ccc(Cl)s1.[Cl-]. The van der Waals surface area contributed by atoms with Crippen molar-refractivity contribution in [1.82, 2.24) is 0 Å². The summed E-state index contributed by atoms with van der Waals surface area (Å²) in [5.74, 6) is 0. The Morgan fingerprint density at radius 1 is 0.947 bits per heavy atom. The van der Waals surface area contributed by atoms with E-state index in [0.717, 1.165) is 28.3 Å². The molecule has 0 fully saturated rings. The molecule has 0 radical (unpaired) electrons. The van der Waals surface area contributed by atoms with Gasteiger partial charge in [0.15, 0.2) is 0 Å². The molecule has 7 heteroatoms. The molecule has 2 rings (SSSR count). The minimum atomic E-state index is 0. The fraction of sp³-hybridized carbons (Fsp3) is 0.333. The van der Waals surface area contributed by atoms with E-state index >= 15 is 0 Å². The Hall–Kier alpha value is 0.190. The van der Waals surface area contributed by atoms with Crippen molar-refractivity contribution < 1.29 is 22.4 Å². The van der Waals surface area contributed by atoms with Crippen LogP contribution in [0.15, 0.2) is 24.3 Å². The third-order valence-corrected chi connectivity index (χ3v) is 5.03. The number of rotatable bonds is 6. The summed E-state index contributed by atoms with van der Waals surface area (Å²) in [4.78, 5) is 3.80. The normalized spacial score (nSPS) is 10.7. The molecule has 0 aliphatic carbocycles. The second-order valence-electron chi connectivity index (χ2n) is 3.99. The molecule has 2 nitrogen and oxygen atoms in total. The smallest absolute Gasteiger partial charge is 0.113 e. The molecule has 19 heavy (non-hydrogen) atoms. The highest BCUT2D eigenvalue weighted by Gasteiger charge is 2.13. The molecule has 2 heterocycles. The molecule has 0 unspecified atom stereocenters. The van der Waals surface area contributed by atoms with E-state index in [1.165, 1.54) is 14.7 Å². The van der Waals surface area contributed by atoms with Crippen LogP contribution in [0.4, 0.5) is 0 Å². The molecule has 0 atom stereocenters. The van der Waals surface area contributed by atoms with E-state index in [1.54, 1.807) is 22.7 Å². The Kier molecular flexibility index (Phi) is 7.69. The van der Waals surface area contributed by atoms with Crippen LogP contribution in [0.5, 0.6) is 0 Å². The fourth-order valence-corrected chi connectivity index (χ4v) is 4.10. The zero-order valence-corrected chi connectivity index (χ0v) is 13.9. The van der Waals surface area contributed by atoms with Gasteiger partial charge in [0.1, 0.15) is 19.6 Å². The Morgan fingerprint density at radius 2 is 1.42 bits per heavy atom. The minimum absolute atomic E-state index is 0. The molecule has 0 bridgehead atoms. The third-order valence-electron chi connectivity index (χ3n) is 2.57. The average Bonchev–Trinajstić information content (AvgIpc) is 2.89. The predicted molar refractivity (Wildman–Crippen MR) is 79.0 cm³/mol. The van der Waals surface area contributed by atoms with E-state index in [4.69, 9.17) is 28.3 Å². The van der Waals surface area contributed by atoms with E-state index in [-0.39, 0.29) is 19.0 Å². The summed E-state index contributed by atoms with van der Waals surface area (Å²) >= 11 is 15.1. The largest absolute Gasteiger partial charge is 1.00 e. The van der Waals surface area contributed by atoms with Crippen LogP contribution in [0.1, 0.15) is 9.75 Å². The number of aliphatic hydroxyl groups excluding tert-OH is 1. The second-order valence-corrected chi connectivity index (χ2v) is 7.59. The molecule has 0 aliphatic heterocycles. The Labute approximate surface area is 137 Å². The summed E-state index contributed by atoms with van der Waals surface area (Å²) in [6.07, 6.45) is 0. The fourth-order valence-electron chi connectivity index (χ4n) is 1.78. The van der Waals surface area contributed by atoms with E-state index in [9.17, 15) is 0 Å². The van der Waals surface area contributed by atoms with Gasteiger partial charge in [0.2, 0.25) is 0 Å². The second kappa shape index (κ2) is 8.47. The number of hydrogen-bond acceptors (Lipinski definition) is 3. The quantitative estimate of drug-likeness (QED) is 0.728. The van der Waals surface area contributed by atoms with Crippen LogP contribution in [-0.4, -0.2) is 18.3 Å². The Bertz CT molecular complexity index is 458. The Morgan fingerprint density at radius 3 is 1.74 bits per heavy atom. The molecule has 0 aromatic carbocycles. The first-order valence-corrected chi connectivity index (χ1v) is 7.99. The molecule has 2 aromatic rings. The summed E-state index contributed by atoms with van der Waals surface area (Å²) in [6.45, 7) is 2.68. The van der Waals surface area contributed by atoms with E-state index in [2.05, 4.69) is 0 Å². The molecule has 0 amide bonds. The van der Waals surface area contributed by atoms with Gasteiger partial charge in [0.05, 0.1) is 25.0 Å². The molecular weight excluding hydrogens is 345 g/mol. The minimum Gasteiger partial charge on any atom is -1.00 e. The standard InChI is InChI=1S/C12H13Cl2NOS2.ClH/c13-11-3-1-9(17-11)7-15(5-6-16)8-10-2-4-12(14)18-10;/h1-4,16H,5-8H2;1H.